The quantitative estimate of drug-likeness (QED) is 0.928. The van der Waals surface area contributed by atoms with E-state index < -0.39 is 0 Å². The van der Waals surface area contributed by atoms with Gasteiger partial charge in [-0.1, -0.05) is 23.7 Å². The summed E-state index contributed by atoms with van der Waals surface area (Å²) in [6, 6.07) is 8.87. The minimum Gasteiger partial charge on any atom is -0.330 e. The van der Waals surface area contributed by atoms with Crippen molar-refractivity contribution in [3.63, 3.8) is 0 Å². The Balaban J connectivity index is 1.46. The lowest BCUT2D eigenvalue weighted by molar-refractivity contribution is 0.0975. The molecular weight excluding hydrogens is 322 g/mol. The van der Waals surface area contributed by atoms with Gasteiger partial charge in [-0.05, 0) is 43.4 Å². The van der Waals surface area contributed by atoms with Crippen molar-refractivity contribution in [2.24, 2.45) is 5.73 Å². The van der Waals surface area contributed by atoms with Crippen LogP contribution >= 0.6 is 11.6 Å². The van der Waals surface area contributed by atoms with Gasteiger partial charge in [0.1, 0.15) is 12.2 Å². The van der Waals surface area contributed by atoms with Gasteiger partial charge in [0.15, 0.2) is 0 Å². The predicted octanol–water partition coefficient (Wildman–Crippen LogP) is 2.59. The van der Waals surface area contributed by atoms with E-state index in [9.17, 15) is 0 Å². The van der Waals surface area contributed by atoms with Gasteiger partial charge < -0.3 is 10.3 Å². The molecule has 0 bridgehead atoms. The van der Waals surface area contributed by atoms with Crippen molar-refractivity contribution in [1.29, 1.82) is 0 Å². The van der Waals surface area contributed by atoms with Gasteiger partial charge in [0.05, 0.1) is 6.54 Å². The van der Waals surface area contributed by atoms with Gasteiger partial charge in [0.25, 0.3) is 0 Å². The second-order valence-electron chi connectivity index (χ2n) is 7.14. The fourth-order valence-corrected chi connectivity index (χ4v) is 4.54. The van der Waals surface area contributed by atoms with Crippen molar-refractivity contribution in [2.45, 2.75) is 50.2 Å². The maximum absolute atomic E-state index is 6.22. The van der Waals surface area contributed by atoms with E-state index in [4.69, 9.17) is 17.3 Å². The molecule has 1 fully saturated rings. The largest absolute Gasteiger partial charge is 0.330 e. The lowest BCUT2D eigenvalue weighted by atomic mass is 9.68. The zero-order valence-electron chi connectivity index (χ0n) is 13.9. The third kappa shape index (κ3) is 2.85. The lowest BCUT2D eigenvalue weighted by Crippen LogP contribution is -2.47. The van der Waals surface area contributed by atoms with Crippen LogP contribution in [0.15, 0.2) is 30.6 Å². The fourth-order valence-electron chi connectivity index (χ4n) is 4.35. The standard InChI is InChI=1S/C18H24ClN5/c19-15-3-1-2-14(10-15)18(12-20)6-4-16(5-7-18)23-8-9-24-13-21-22-17(24)11-23/h1-3,10,13,16H,4-9,11-12,20H2/t16-,18+. The number of nitrogens with two attached hydrogens (primary N) is 1. The summed E-state index contributed by atoms with van der Waals surface area (Å²) in [5.74, 6) is 1.09. The molecule has 1 aromatic carbocycles. The molecule has 6 heteroatoms. The van der Waals surface area contributed by atoms with Crippen LogP contribution in [0.5, 0.6) is 0 Å². The van der Waals surface area contributed by atoms with E-state index in [1.54, 1.807) is 0 Å². The Kier molecular flexibility index (Phi) is 4.33. The summed E-state index contributed by atoms with van der Waals surface area (Å²) in [5.41, 5.74) is 7.60. The van der Waals surface area contributed by atoms with Gasteiger partial charge >= 0.3 is 0 Å². The Labute approximate surface area is 147 Å². The highest BCUT2D eigenvalue weighted by Crippen LogP contribution is 2.41. The van der Waals surface area contributed by atoms with Gasteiger partial charge in [-0.2, -0.15) is 0 Å². The first-order valence-corrected chi connectivity index (χ1v) is 9.15. The minimum atomic E-state index is 0.0806. The topological polar surface area (TPSA) is 60.0 Å². The molecule has 1 aliphatic heterocycles. The van der Waals surface area contributed by atoms with E-state index in [0.717, 1.165) is 43.3 Å². The minimum absolute atomic E-state index is 0.0806. The smallest absolute Gasteiger partial charge is 0.147 e. The first-order chi connectivity index (χ1) is 11.7. The Morgan fingerprint density at radius 2 is 2.08 bits per heavy atom. The van der Waals surface area contributed by atoms with Gasteiger partial charge in [-0.3, -0.25) is 4.90 Å². The average molecular weight is 346 g/mol. The van der Waals surface area contributed by atoms with Gasteiger partial charge in [0, 0.05) is 36.1 Å². The molecule has 1 aliphatic carbocycles. The Bertz CT molecular complexity index is 705. The van der Waals surface area contributed by atoms with Crippen molar-refractivity contribution >= 4 is 11.6 Å². The molecule has 4 rings (SSSR count). The molecule has 0 amide bonds. The monoisotopic (exact) mass is 345 g/mol. The predicted molar refractivity (Wildman–Crippen MR) is 94.9 cm³/mol. The summed E-state index contributed by atoms with van der Waals surface area (Å²) in [5, 5.41) is 9.07. The summed E-state index contributed by atoms with van der Waals surface area (Å²) >= 11 is 6.21. The average Bonchev–Trinajstić information content (AvgIpc) is 3.09. The van der Waals surface area contributed by atoms with E-state index in [0.29, 0.717) is 12.6 Å². The number of aromatic nitrogens is 3. The number of halogens is 1. The maximum atomic E-state index is 6.22. The zero-order chi connectivity index (χ0) is 16.6. The highest BCUT2D eigenvalue weighted by Gasteiger charge is 2.38. The first-order valence-electron chi connectivity index (χ1n) is 8.77. The highest BCUT2D eigenvalue weighted by molar-refractivity contribution is 6.30. The molecular formula is C18H24ClN5. The second kappa shape index (κ2) is 6.47. The first kappa shape index (κ1) is 16.1. The third-order valence-electron chi connectivity index (χ3n) is 5.92. The summed E-state index contributed by atoms with van der Waals surface area (Å²) in [4.78, 5) is 2.57. The molecule has 2 aromatic rings. The van der Waals surface area contributed by atoms with Crippen molar-refractivity contribution in [1.82, 2.24) is 19.7 Å². The van der Waals surface area contributed by atoms with Crippen LogP contribution in [-0.2, 0) is 18.5 Å². The van der Waals surface area contributed by atoms with Crippen molar-refractivity contribution in [3.05, 3.63) is 47.0 Å². The number of hydrogen-bond acceptors (Lipinski definition) is 4. The highest BCUT2D eigenvalue weighted by atomic mass is 35.5. The molecule has 0 radical (unpaired) electrons. The molecule has 128 valence electrons. The number of benzene rings is 1. The molecule has 1 aromatic heterocycles. The summed E-state index contributed by atoms with van der Waals surface area (Å²) in [7, 11) is 0. The van der Waals surface area contributed by atoms with Crippen LogP contribution in [-0.4, -0.2) is 38.8 Å². The SMILES string of the molecule is NC[C@]1(c2cccc(Cl)c2)CC[C@@H](N2CCn3cnnc3C2)CC1. The van der Waals surface area contributed by atoms with E-state index in [1.807, 2.05) is 18.5 Å². The fraction of sp³-hybridized carbons (Fsp3) is 0.556. The Hall–Kier alpha value is -1.43. The van der Waals surface area contributed by atoms with Gasteiger partial charge in [-0.15, -0.1) is 10.2 Å². The second-order valence-corrected chi connectivity index (χ2v) is 7.57. The van der Waals surface area contributed by atoms with Crippen LogP contribution in [0.2, 0.25) is 5.02 Å². The zero-order valence-corrected chi connectivity index (χ0v) is 14.6. The van der Waals surface area contributed by atoms with E-state index >= 15 is 0 Å². The molecule has 24 heavy (non-hydrogen) atoms. The molecule has 0 saturated heterocycles. The summed E-state index contributed by atoms with van der Waals surface area (Å²) in [6.07, 6.45) is 6.44. The summed E-state index contributed by atoms with van der Waals surface area (Å²) in [6.45, 7) is 3.68. The van der Waals surface area contributed by atoms with Crippen LogP contribution in [0.1, 0.15) is 37.1 Å². The van der Waals surface area contributed by atoms with Crippen LogP contribution in [0, 0.1) is 0 Å². The molecule has 0 atom stereocenters. The Morgan fingerprint density at radius 3 is 2.83 bits per heavy atom. The van der Waals surface area contributed by atoms with Crippen molar-refractivity contribution in [2.75, 3.05) is 13.1 Å². The summed E-state index contributed by atoms with van der Waals surface area (Å²) < 4.78 is 2.16. The number of nitrogens with zero attached hydrogens (tertiary/aromatic N) is 4. The molecule has 0 spiro atoms. The van der Waals surface area contributed by atoms with Crippen LogP contribution in [0.25, 0.3) is 0 Å². The van der Waals surface area contributed by atoms with Crippen LogP contribution in [0.3, 0.4) is 0 Å². The van der Waals surface area contributed by atoms with Gasteiger partial charge in [-0.25, -0.2) is 0 Å². The maximum Gasteiger partial charge on any atom is 0.147 e. The lowest BCUT2D eigenvalue weighted by Gasteiger charge is -2.44. The van der Waals surface area contributed by atoms with E-state index in [-0.39, 0.29) is 5.41 Å². The molecule has 2 heterocycles. The Morgan fingerprint density at radius 1 is 1.25 bits per heavy atom. The van der Waals surface area contributed by atoms with Gasteiger partial charge in [0.2, 0.25) is 0 Å². The molecule has 2 N–H and O–H groups in total. The van der Waals surface area contributed by atoms with Crippen LogP contribution in [0.4, 0.5) is 0 Å². The van der Waals surface area contributed by atoms with Crippen molar-refractivity contribution in [3.8, 4) is 0 Å². The number of rotatable bonds is 3. The number of hydrogen-bond donors (Lipinski definition) is 1. The molecule has 1 saturated carbocycles. The normalized spacial score (nSPS) is 27.8. The number of fused-ring (bicyclic) bond motifs is 1. The molecule has 0 unspecified atom stereocenters. The van der Waals surface area contributed by atoms with E-state index in [1.165, 1.54) is 18.4 Å². The molecule has 5 nitrogen and oxygen atoms in total. The van der Waals surface area contributed by atoms with Crippen molar-refractivity contribution < 1.29 is 0 Å². The molecule has 2 aliphatic rings. The third-order valence-corrected chi connectivity index (χ3v) is 6.16. The van der Waals surface area contributed by atoms with Crippen LogP contribution < -0.4 is 5.73 Å². The van der Waals surface area contributed by atoms with E-state index in [2.05, 4.69) is 31.8 Å².